The SMILES string of the molecule is CCCCC[C@@H](C)NC(=O)COC(=O)c1c(NC(C)=O)sc2c1CCCC2. The molecule has 1 aromatic heterocycles. The lowest BCUT2D eigenvalue weighted by Crippen LogP contribution is -2.35. The Labute approximate surface area is 165 Å². The van der Waals surface area contributed by atoms with E-state index in [0.29, 0.717) is 10.6 Å². The number of thiophene rings is 1. The minimum Gasteiger partial charge on any atom is -0.452 e. The largest absolute Gasteiger partial charge is 0.452 e. The number of anilines is 1. The fourth-order valence-corrected chi connectivity index (χ4v) is 4.65. The predicted molar refractivity (Wildman–Crippen MR) is 107 cm³/mol. The molecule has 1 aliphatic carbocycles. The van der Waals surface area contributed by atoms with Gasteiger partial charge in [0, 0.05) is 17.8 Å². The highest BCUT2D eigenvalue weighted by Crippen LogP contribution is 2.38. The van der Waals surface area contributed by atoms with Crippen LogP contribution < -0.4 is 10.6 Å². The maximum absolute atomic E-state index is 12.6. The van der Waals surface area contributed by atoms with E-state index in [1.807, 2.05) is 6.92 Å². The third-order valence-electron chi connectivity index (χ3n) is 4.65. The van der Waals surface area contributed by atoms with E-state index in [2.05, 4.69) is 17.6 Å². The van der Waals surface area contributed by atoms with Crippen LogP contribution in [0.2, 0.25) is 0 Å². The molecule has 1 aromatic rings. The first-order chi connectivity index (χ1) is 12.9. The van der Waals surface area contributed by atoms with Crippen LogP contribution in [0.4, 0.5) is 5.00 Å². The molecule has 2 rings (SSSR count). The van der Waals surface area contributed by atoms with Crippen LogP contribution in [0, 0.1) is 0 Å². The van der Waals surface area contributed by atoms with E-state index in [4.69, 9.17) is 4.74 Å². The summed E-state index contributed by atoms with van der Waals surface area (Å²) >= 11 is 1.44. The van der Waals surface area contributed by atoms with Crippen molar-refractivity contribution in [2.75, 3.05) is 11.9 Å². The number of carbonyl (C=O) groups excluding carboxylic acids is 3. The molecule has 6 nitrogen and oxygen atoms in total. The topological polar surface area (TPSA) is 84.5 Å². The number of unbranched alkanes of at least 4 members (excludes halogenated alkanes) is 2. The van der Waals surface area contributed by atoms with Crippen molar-refractivity contribution >= 4 is 34.1 Å². The van der Waals surface area contributed by atoms with E-state index in [0.717, 1.165) is 61.8 Å². The second-order valence-electron chi connectivity index (χ2n) is 7.14. The van der Waals surface area contributed by atoms with Crippen LogP contribution in [0.3, 0.4) is 0 Å². The van der Waals surface area contributed by atoms with Crippen molar-refractivity contribution in [2.45, 2.75) is 78.2 Å². The number of aryl methyl sites for hydroxylation is 1. The molecule has 0 aromatic carbocycles. The number of rotatable bonds is 9. The smallest absolute Gasteiger partial charge is 0.341 e. The number of fused-ring (bicyclic) bond motifs is 1. The van der Waals surface area contributed by atoms with Crippen molar-refractivity contribution in [3.8, 4) is 0 Å². The summed E-state index contributed by atoms with van der Waals surface area (Å²) in [6, 6.07) is 0.0617. The number of nitrogens with one attached hydrogen (secondary N) is 2. The molecule has 0 aliphatic heterocycles. The van der Waals surface area contributed by atoms with E-state index in [1.165, 1.54) is 18.3 Å². The van der Waals surface area contributed by atoms with E-state index in [-0.39, 0.29) is 24.5 Å². The minimum atomic E-state index is -0.535. The Kier molecular flexibility index (Phi) is 8.28. The first kappa shape index (κ1) is 21.4. The van der Waals surface area contributed by atoms with Crippen LogP contribution in [0.15, 0.2) is 0 Å². The summed E-state index contributed by atoms with van der Waals surface area (Å²) in [5.74, 6) is -1.05. The highest BCUT2D eigenvalue weighted by molar-refractivity contribution is 7.17. The summed E-state index contributed by atoms with van der Waals surface area (Å²) < 4.78 is 5.27. The zero-order chi connectivity index (χ0) is 19.8. The van der Waals surface area contributed by atoms with Crippen molar-refractivity contribution in [3.63, 3.8) is 0 Å². The summed E-state index contributed by atoms with van der Waals surface area (Å²) in [4.78, 5) is 37.3. The normalized spacial score (nSPS) is 14.2. The van der Waals surface area contributed by atoms with Crippen LogP contribution in [0.25, 0.3) is 0 Å². The molecular weight excluding hydrogens is 364 g/mol. The van der Waals surface area contributed by atoms with Gasteiger partial charge in [-0.2, -0.15) is 0 Å². The maximum Gasteiger partial charge on any atom is 0.341 e. The number of esters is 1. The van der Waals surface area contributed by atoms with Crippen molar-refractivity contribution in [3.05, 3.63) is 16.0 Å². The molecule has 0 spiro atoms. The highest BCUT2D eigenvalue weighted by atomic mass is 32.1. The van der Waals surface area contributed by atoms with Gasteiger partial charge in [-0.15, -0.1) is 11.3 Å². The van der Waals surface area contributed by atoms with Gasteiger partial charge in [0.25, 0.3) is 5.91 Å². The summed E-state index contributed by atoms with van der Waals surface area (Å²) in [5.41, 5.74) is 1.39. The van der Waals surface area contributed by atoms with Gasteiger partial charge in [0.15, 0.2) is 6.61 Å². The molecule has 1 aliphatic rings. The zero-order valence-corrected chi connectivity index (χ0v) is 17.3. The molecule has 1 heterocycles. The maximum atomic E-state index is 12.6. The molecule has 2 N–H and O–H groups in total. The van der Waals surface area contributed by atoms with Gasteiger partial charge in [-0.25, -0.2) is 4.79 Å². The van der Waals surface area contributed by atoms with Crippen LogP contribution in [0.1, 0.15) is 80.1 Å². The summed E-state index contributed by atoms with van der Waals surface area (Å²) in [6.45, 7) is 5.21. The Morgan fingerprint density at radius 2 is 1.93 bits per heavy atom. The van der Waals surface area contributed by atoms with Crippen molar-refractivity contribution in [2.24, 2.45) is 0 Å². The first-order valence-corrected chi connectivity index (χ1v) is 10.6. The second kappa shape index (κ2) is 10.4. The fraction of sp³-hybridized carbons (Fsp3) is 0.650. The quantitative estimate of drug-likeness (QED) is 0.492. The fourth-order valence-electron chi connectivity index (χ4n) is 3.32. The van der Waals surface area contributed by atoms with Gasteiger partial charge in [0.05, 0.1) is 5.56 Å². The molecule has 7 heteroatoms. The van der Waals surface area contributed by atoms with Gasteiger partial charge in [-0.05, 0) is 44.6 Å². The van der Waals surface area contributed by atoms with Crippen molar-refractivity contribution in [1.82, 2.24) is 5.32 Å². The number of carbonyl (C=O) groups is 3. The molecule has 0 fully saturated rings. The highest BCUT2D eigenvalue weighted by Gasteiger charge is 2.27. The Morgan fingerprint density at radius 1 is 1.19 bits per heavy atom. The Hall–Kier alpha value is -1.89. The molecule has 0 saturated heterocycles. The third kappa shape index (κ3) is 6.34. The number of ether oxygens (including phenoxy) is 1. The van der Waals surface area contributed by atoms with Crippen LogP contribution in [0.5, 0.6) is 0 Å². The molecule has 1 atom stereocenters. The Bertz CT molecular complexity index is 684. The first-order valence-electron chi connectivity index (χ1n) is 9.81. The average Bonchev–Trinajstić information content (AvgIpc) is 2.97. The molecule has 0 bridgehead atoms. The van der Waals surface area contributed by atoms with E-state index in [1.54, 1.807) is 0 Å². The molecule has 0 saturated carbocycles. The van der Waals surface area contributed by atoms with Gasteiger partial charge in [-0.1, -0.05) is 26.2 Å². The van der Waals surface area contributed by atoms with Gasteiger partial charge < -0.3 is 15.4 Å². The van der Waals surface area contributed by atoms with E-state index < -0.39 is 5.97 Å². The molecular formula is C20H30N2O4S. The van der Waals surface area contributed by atoms with E-state index in [9.17, 15) is 14.4 Å². The van der Waals surface area contributed by atoms with Crippen LogP contribution in [-0.2, 0) is 27.2 Å². The van der Waals surface area contributed by atoms with Gasteiger partial charge in [0.1, 0.15) is 5.00 Å². The second-order valence-corrected chi connectivity index (χ2v) is 8.24. The lowest BCUT2D eigenvalue weighted by Gasteiger charge is -2.15. The number of hydrogen-bond acceptors (Lipinski definition) is 5. The molecule has 0 unspecified atom stereocenters. The minimum absolute atomic E-state index is 0.0617. The van der Waals surface area contributed by atoms with Crippen LogP contribution >= 0.6 is 11.3 Å². The van der Waals surface area contributed by atoms with Crippen molar-refractivity contribution in [1.29, 1.82) is 0 Å². The number of amides is 2. The van der Waals surface area contributed by atoms with Crippen LogP contribution in [-0.4, -0.2) is 30.4 Å². The lowest BCUT2D eigenvalue weighted by molar-refractivity contribution is -0.124. The average molecular weight is 395 g/mol. The molecule has 27 heavy (non-hydrogen) atoms. The summed E-state index contributed by atoms with van der Waals surface area (Å²) in [5, 5.41) is 6.14. The standard InChI is InChI=1S/C20H30N2O4S/c1-4-5-6-9-13(2)21-17(24)12-26-20(25)18-15-10-7-8-11-16(15)27-19(18)22-14(3)23/h13H,4-12H2,1-3H3,(H,21,24)(H,22,23)/t13-/m1/s1. The van der Waals surface area contributed by atoms with Crippen molar-refractivity contribution < 1.29 is 19.1 Å². The Morgan fingerprint density at radius 3 is 2.63 bits per heavy atom. The zero-order valence-electron chi connectivity index (χ0n) is 16.5. The van der Waals surface area contributed by atoms with E-state index >= 15 is 0 Å². The molecule has 2 amide bonds. The third-order valence-corrected chi connectivity index (χ3v) is 5.85. The lowest BCUT2D eigenvalue weighted by atomic mass is 9.95. The Balaban J connectivity index is 1.96. The summed E-state index contributed by atoms with van der Waals surface area (Å²) in [6.07, 6.45) is 8.08. The van der Waals surface area contributed by atoms with Gasteiger partial charge >= 0.3 is 5.97 Å². The predicted octanol–water partition coefficient (Wildman–Crippen LogP) is 3.83. The molecule has 150 valence electrons. The van der Waals surface area contributed by atoms with Gasteiger partial charge in [-0.3, -0.25) is 9.59 Å². The summed E-state index contributed by atoms with van der Waals surface area (Å²) in [7, 11) is 0. The molecule has 0 radical (unpaired) electrons. The van der Waals surface area contributed by atoms with Gasteiger partial charge in [0.2, 0.25) is 5.91 Å². The number of hydrogen-bond donors (Lipinski definition) is 2. The monoisotopic (exact) mass is 394 g/mol.